The van der Waals surface area contributed by atoms with E-state index in [9.17, 15) is 56.4 Å². The normalized spacial score (nSPS) is 25.4. The number of benzene rings is 2. The summed E-state index contributed by atoms with van der Waals surface area (Å²) in [5.74, 6) is -2.23. The van der Waals surface area contributed by atoms with Crippen LogP contribution in [0.4, 0.5) is 32.0 Å². The summed E-state index contributed by atoms with van der Waals surface area (Å²) >= 11 is 0. The molecule has 2 aromatic carbocycles. The summed E-state index contributed by atoms with van der Waals surface area (Å²) in [6.07, 6.45) is -14.5. The van der Waals surface area contributed by atoms with Crippen LogP contribution in [0.5, 0.6) is 0 Å². The molecule has 4 heterocycles. The number of nitrogens with zero attached hydrogens (tertiary/aromatic N) is 3. The molecule has 2 aromatic heterocycles. The van der Waals surface area contributed by atoms with E-state index in [-0.39, 0.29) is 39.4 Å². The van der Waals surface area contributed by atoms with Crippen molar-refractivity contribution in [3.8, 4) is 11.3 Å². The number of hydrogen-bond acceptors (Lipinski definition) is 11. The van der Waals surface area contributed by atoms with Crippen LogP contribution in [-0.4, -0.2) is 86.3 Å². The minimum Gasteiger partial charge on any atom is -0.479 e. The number of aliphatic hydroxyl groups is 3. The molecule has 304 valence electrons. The molecule has 0 radical (unpaired) electrons. The number of carboxylic acid groups (broad SMARTS) is 1. The van der Waals surface area contributed by atoms with E-state index in [4.69, 9.17) is 14.0 Å². The Kier molecular flexibility index (Phi) is 9.76. The van der Waals surface area contributed by atoms with Gasteiger partial charge in [-0.25, -0.2) is 14.6 Å². The van der Waals surface area contributed by atoms with Gasteiger partial charge < -0.3 is 39.3 Å². The lowest BCUT2D eigenvalue weighted by atomic mass is 9.56. The number of aliphatic carboxylic acids is 1. The zero-order valence-corrected chi connectivity index (χ0v) is 30.0. The third kappa shape index (κ3) is 7.43. The lowest BCUT2D eigenvalue weighted by molar-refractivity contribution is -0.278. The molecule has 8 rings (SSSR count). The van der Waals surface area contributed by atoms with Crippen LogP contribution in [0, 0.1) is 11.3 Å². The first-order valence-corrected chi connectivity index (χ1v) is 18.5. The zero-order valence-electron chi connectivity index (χ0n) is 30.0. The third-order valence-electron chi connectivity index (χ3n) is 11.7. The first-order valence-electron chi connectivity index (χ1n) is 18.5. The van der Waals surface area contributed by atoms with E-state index in [0.717, 1.165) is 50.2 Å². The molecule has 0 unspecified atom stereocenters. The molecule has 0 amide bonds. The van der Waals surface area contributed by atoms with Gasteiger partial charge in [0.05, 0.1) is 16.6 Å². The SMILES string of the molecule is O=C(O[C@@H]1O[C@H](C(=O)O)[C@@H](O)[C@H](O)[C@H]1O)c1cc(C(F)(F)F)c2cc(N3CCC4(CC3)CC(Cc3c(-c5ccccc5C(F)(F)F)noc3C3CC3)C4)ccc2n1. The van der Waals surface area contributed by atoms with Crippen molar-refractivity contribution in [2.75, 3.05) is 18.0 Å². The van der Waals surface area contributed by atoms with Gasteiger partial charge in [0.15, 0.2) is 6.10 Å². The Bertz CT molecular complexity index is 2190. The molecule has 2 aliphatic carbocycles. The van der Waals surface area contributed by atoms with Crippen molar-refractivity contribution in [2.45, 2.75) is 93.9 Å². The molecule has 2 aliphatic heterocycles. The number of pyridine rings is 1. The van der Waals surface area contributed by atoms with Crippen LogP contribution in [0.2, 0.25) is 0 Å². The number of aromatic nitrogens is 2. The molecule has 4 fully saturated rings. The quantitative estimate of drug-likeness (QED) is 0.119. The molecule has 4 aromatic rings. The van der Waals surface area contributed by atoms with Crippen molar-refractivity contribution in [1.82, 2.24) is 10.1 Å². The highest BCUT2D eigenvalue weighted by Crippen LogP contribution is 2.56. The molecular weight excluding hydrogens is 768 g/mol. The standard InChI is InChI=1S/C39H37F6N3O9/c40-38(41,42)24-4-2-1-3-21(24)28-23(32(57-47-28)19-5-6-19)13-18-16-37(17-18)9-11-48(12-10-37)20-7-8-26-22(14-20)25(39(43,44)45)15-27(46-26)35(54)56-36-31(51)29(49)30(50)33(55-36)34(52)53/h1-4,7-8,14-15,18-19,29-31,33,36,49-51H,5-6,9-13,16-17H2,(H,52,53)/t29-,30-,31+,33-,36-/m0/s1. The second-order valence-corrected chi connectivity index (χ2v) is 15.6. The van der Waals surface area contributed by atoms with Crippen LogP contribution in [-0.2, 0) is 33.0 Å². The van der Waals surface area contributed by atoms with Crippen LogP contribution in [0.15, 0.2) is 53.1 Å². The van der Waals surface area contributed by atoms with Crippen LogP contribution in [0.3, 0.4) is 0 Å². The highest BCUT2D eigenvalue weighted by Gasteiger charge is 2.50. The Morgan fingerprint density at radius 2 is 1.58 bits per heavy atom. The molecule has 4 aliphatic rings. The Morgan fingerprint density at radius 1 is 0.895 bits per heavy atom. The fourth-order valence-electron chi connectivity index (χ4n) is 8.64. The van der Waals surface area contributed by atoms with Gasteiger partial charge in [-0.2, -0.15) is 26.3 Å². The van der Waals surface area contributed by atoms with E-state index in [1.807, 2.05) is 4.90 Å². The number of halogens is 6. The summed E-state index contributed by atoms with van der Waals surface area (Å²) in [5.41, 5.74) is -1.51. The second-order valence-electron chi connectivity index (χ2n) is 15.6. The van der Waals surface area contributed by atoms with Crippen molar-refractivity contribution in [3.05, 3.63) is 76.7 Å². The third-order valence-corrected chi connectivity index (χ3v) is 11.7. The van der Waals surface area contributed by atoms with Crippen molar-refractivity contribution >= 4 is 28.5 Å². The van der Waals surface area contributed by atoms with Gasteiger partial charge in [0, 0.05) is 41.2 Å². The van der Waals surface area contributed by atoms with Crippen LogP contribution in [0.25, 0.3) is 22.2 Å². The Labute approximate surface area is 320 Å². The highest BCUT2D eigenvalue weighted by atomic mass is 19.4. The maximum atomic E-state index is 14.4. The topological polar surface area (TPSA) is 176 Å². The van der Waals surface area contributed by atoms with E-state index in [1.165, 1.54) is 24.3 Å². The number of ether oxygens (including phenoxy) is 2. The molecule has 4 N–H and O–H groups in total. The minimum atomic E-state index is -4.95. The molecular formula is C39H37F6N3O9. The number of carboxylic acids is 1. The van der Waals surface area contributed by atoms with Crippen molar-refractivity contribution < 1.29 is 70.4 Å². The predicted molar refractivity (Wildman–Crippen MR) is 186 cm³/mol. The molecule has 57 heavy (non-hydrogen) atoms. The molecule has 0 bridgehead atoms. The molecule has 5 atom stereocenters. The lowest BCUT2D eigenvalue weighted by Crippen LogP contribution is -2.60. The maximum Gasteiger partial charge on any atom is 0.417 e. The van der Waals surface area contributed by atoms with Crippen molar-refractivity contribution in [1.29, 1.82) is 0 Å². The van der Waals surface area contributed by atoms with Gasteiger partial charge in [-0.1, -0.05) is 23.4 Å². The average molecular weight is 806 g/mol. The molecule has 18 heteroatoms. The number of aliphatic hydroxyl groups excluding tert-OH is 3. The number of carbonyl (C=O) groups excluding carboxylic acids is 1. The first kappa shape index (κ1) is 39.1. The monoisotopic (exact) mass is 805 g/mol. The molecule has 1 spiro atoms. The summed E-state index contributed by atoms with van der Waals surface area (Å²) in [6, 6.07) is 10.1. The molecule has 2 saturated heterocycles. The fraction of sp³-hybridized carbons (Fsp3) is 0.487. The maximum absolute atomic E-state index is 14.4. The fourth-order valence-corrected chi connectivity index (χ4v) is 8.64. The number of rotatable bonds is 8. The first-order chi connectivity index (χ1) is 26.9. The average Bonchev–Trinajstić information content (AvgIpc) is 3.92. The Morgan fingerprint density at radius 3 is 2.23 bits per heavy atom. The van der Waals surface area contributed by atoms with Crippen LogP contribution >= 0.6 is 0 Å². The Hall–Kier alpha value is -4.78. The smallest absolute Gasteiger partial charge is 0.417 e. The Balaban J connectivity index is 0.952. The van der Waals surface area contributed by atoms with Gasteiger partial charge in [-0.15, -0.1) is 0 Å². The van der Waals surface area contributed by atoms with E-state index >= 15 is 0 Å². The van der Waals surface area contributed by atoms with E-state index < -0.39 is 71.8 Å². The number of esters is 1. The lowest BCUT2D eigenvalue weighted by Gasteiger charge is -2.53. The van der Waals surface area contributed by atoms with Crippen LogP contribution < -0.4 is 4.90 Å². The summed E-state index contributed by atoms with van der Waals surface area (Å²) < 4.78 is 101. The van der Waals surface area contributed by atoms with Gasteiger partial charge >= 0.3 is 24.3 Å². The number of piperidine rings is 1. The second kappa shape index (κ2) is 14.2. The summed E-state index contributed by atoms with van der Waals surface area (Å²) in [4.78, 5) is 30.4. The summed E-state index contributed by atoms with van der Waals surface area (Å²) in [5, 5.41) is 43.2. The number of anilines is 1. The van der Waals surface area contributed by atoms with E-state index in [0.29, 0.717) is 37.0 Å². The molecule has 2 saturated carbocycles. The number of fused-ring (bicyclic) bond motifs is 1. The summed E-state index contributed by atoms with van der Waals surface area (Å²) in [7, 11) is 0. The number of alkyl halides is 6. The van der Waals surface area contributed by atoms with Gasteiger partial charge in [0.2, 0.25) is 6.29 Å². The number of hydrogen-bond donors (Lipinski definition) is 4. The van der Waals surface area contributed by atoms with Gasteiger partial charge in [-0.05, 0) is 86.6 Å². The minimum absolute atomic E-state index is 0.000220. The summed E-state index contributed by atoms with van der Waals surface area (Å²) in [6.45, 7) is 1.09. The predicted octanol–water partition coefficient (Wildman–Crippen LogP) is 6.09. The zero-order chi connectivity index (χ0) is 40.6. The molecule has 12 nitrogen and oxygen atoms in total. The largest absolute Gasteiger partial charge is 0.479 e. The van der Waals surface area contributed by atoms with Gasteiger partial charge in [-0.3, -0.25) is 0 Å². The van der Waals surface area contributed by atoms with Gasteiger partial charge in [0.25, 0.3) is 0 Å². The number of carbonyl (C=O) groups is 2. The highest BCUT2D eigenvalue weighted by molar-refractivity contribution is 5.94. The van der Waals surface area contributed by atoms with Gasteiger partial charge in [0.1, 0.15) is 35.5 Å². The van der Waals surface area contributed by atoms with Crippen molar-refractivity contribution in [3.63, 3.8) is 0 Å². The van der Waals surface area contributed by atoms with E-state index in [2.05, 4.69) is 10.1 Å². The van der Waals surface area contributed by atoms with Crippen LogP contribution in [0.1, 0.15) is 77.4 Å². The van der Waals surface area contributed by atoms with Crippen molar-refractivity contribution in [2.24, 2.45) is 11.3 Å². The van der Waals surface area contributed by atoms with E-state index in [1.54, 1.807) is 12.1 Å².